The summed E-state index contributed by atoms with van der Waals surface area (Å²) in [6.07, 6.45) is 5.36. The minimum Gasteiger partial charge on any atom is -0.335 e. The highest BCUT2D eigenvalue weighted by molar-refractivity contribution is 6.09. The van der Waals surface area contributed by atoms with Crippen LogP contribution in [0.25, 0.3) is 43.6 Å². The molecule has 0 radical (unpaired) electrons. The molecule has 0 saturated heterocycles. The smallest absolute Gasteiger partial charge is 0.0496 e. The fraction of sp³-hybridized carbons (Fsp3) is 0.724. The van der Waals surface area contributed by atoms with E-state index < -0.39 is 24.5 Å². The Morgan fingerprint density at radius 1 is 0.416 bits per heavy atom. The van der Waals surface area contributed by atoms with Crippen molar-refractivity contribution in [3.63, 3.8) is 0 Å². The molecule has 1 fully saturated rings. The second kappa shape index (κ2) is 34.1. The van der Waals surface area contributed by atoms with E-state index in [1.807, 2.05) is 34.6 Å². The van der Waals surface area contributed by atoms with Crippen LogP contribution < -0.4 is 0 Å². The van der Waals surface area contributed by atoms with Crippen molar-refractivity contribution in [2.45, 2.75) is 356 Å². The second-order valence-corrected chi connectivity index (χ2v) is 38.5. The third kappa shape index (κ3) is 33.8. The number of hydrogen-bond donors (Lipinski definition) is 0. The van der Waals surface area contributed by atoms with E-state index in [2.05, 4.69) is 295 Å². The van der Waals surface area contributed by atoms with Gasteiger partial charge in [-0.3, -0.25) is 0 Å². The van der Waals surface area contributed by atoms with Crippen LogP contribution >= 0.6 is 0 Å². The fourth-order valence-electron chi connectivity index (χ4n) is 11.5. The van der Waals surface area contributed by atoms with Crippen LogP contribution in [-0.4, -0.2) is 9.13 Å². The van der Waals surface area contributed by atoms with Gasteiger partial charge < -0.3 is 9.13 Å². The Morgan fingerprint density at radius 2 is 0.730 bits per heavy atom. The van der Waals surface area contributed by atoms with Gasteiger partial charge in [0.25, 0.3) is 0 Å². The summed E-state index contributed by atoms with van der Waals surface area (Å²) in [5.74, 6) is 1.53. The minimum atomic E-state index is -1.79. The van der Waals surface area contributed by atoms with Crippen LogP contribution in [0, 0.1) is 55.6 Å². The van der Waals surface area contributed by atoms with Gasteiger partial charge in [-0.05, 0) is 188 Å². The largest absolute Gasteiger partial charge is 0.335 e. The summed E-state index contributed by atoms with van der Waals surface area (Å²) in [5.41, 5.74) is 9.84. The molecule has 2 heteroatoms. The van der Waals surface area contributed by atoms with Gasteiger partial charge in [-0.2, -0.15) is 0 Å². The Morgan fingerprint density at radius 3 is 0.910 bits per heavy atom. The number of rotatable bonds is 2. The van der Waals surface area contributed by atoms with Gasteiger partial charge in [0.15, 0.2) is 0 Å². The maximum absolute atomic E-state index is 7.58. The molecule has 2 aromatic heterocycles. The Hall–Kier alpha value is -3.52. The van der Waals surface area contributed by atoms with Crippen LogP contribution in [0.3, 0.4) is 0 Å². The number of nitrogens with zero attached hydrogens (tertiary/aromatic N) is 2. The van der Waals surface area contributed by atoms with E-state index in [1.165, 1.54) is 107 Å². The fourth-order valence-corrected chi connectivity index (χ4v) is 11.5. The first-order valence-electron chi connectivity index (χ1n) is 38.2. The third-order valence-corrected chi connectivity index (χ3v) is 16.1. The van der Waals surface area contributed by atoms with Gasteiger partial charge in [0.05, 0.1) is 0 Å². The summed E-state index contributed by atoms with van der Waals surface area (Å²) in [6, 6.07) is 31.3. The lowest BCUT2D eigenvalue weighted by Crippen LogP contribution is -2.22. The van der Waals surface area contributed by atoms with Gasteiger partial charge in [-0.15, -0.1) is 0 Å². The quantitative estimate of drug-likeness (QED) is 0.164. The Labute approximate surface area is 567 Å². The lowest BCUT2D eigenvalue weighted by molar-refractivity contribution is 0.180. The summed E-state index contributed by atoms with van der Waals surface area (Å²) in [7, 11) is 0. The highest BCUT2D eigenvalue weighted by atomic mass is 15.1. The molecule has 89 heavy (non-hydrogen) atoms. The lowest BCUT2D eigenvalue weighted by atomic mass is 9.72. The van der Waals surface area contributed by atoms with Crippen LogP contribution in [0.2, 0.25) is 0 Å². The van der Waals surface area contributed by atoms with Crippen molar-refractivity contribution in [2.75, 3.05) is 0 Å². The SMILES string of the molecule is CC(C)(C)C1CCCCC1.CC(C)(C)CC(C)(C)C.CC(C)(C)c1ccc2c(c1)c1cc(C(C)(C)C)ccc1n2C(C)(C)C.CC(C)(C)n1c2ccccc2c2ccccc21.CC(C)CC(C)(C)C.[2H]C(C)(C)C(C)(C)C.[2H]C([2H])(C)C(C)(C)C.[2H]C([2H])(C)C([2H])([2H])C(C)(C)C. The predicted octanol–water partition coefficient (Wildman–Crippen LogP) is 29.8. The van der Waals surface area contributed by atoms with Gasteiger partial charge in [-0.25, -0.2) is 0 Å². The molecule has 0 atom stereocenters. The first-order valence-corrected chi connectivity index (χ1v) is 34.7. The summed E-state index contributed by atoms with van der Waals surface area (Å²) in [5, 5.41) is 5.45. The molecule has 4 aromatic carbocycles. The Bertz CT molecular complexity index is 3040. The highest BCUT2D eigenvalue weighted by Crippen LogP contribution is 2.41. The first-order chi connectivity index (χ1) is 42.1. The van der Waals surface area contributed by atoms with Crippen LogP contribution in [-0.2, 0) is 21.9 Å². The van der Waals surface area contributed by atoms with E-state index in [0.717, 1.165) is 11.8 Å². The van der Waals surface area contributed by atoms with Gasteiger partial charge in [0.2, 0.25) is 0 Å². The van der Waals surface area contributed by atoms with Crippen molar-refractivity contribution >= 4 is 43.6 Å². The van der Waals surface area contributed by atoms with Crippen molar-refractivity contribution in [3.05, 3.63) is 96.1 Å². The van der Waals surface area contributed by atoms with Crippen molar-refractivity contribution in [3.8, 4) is 0 Å². The molecule has 7 rings (SSSR count). The average Bonchev–Trinajstić information content (AvgIpc) is 1.59. The van der Waals surface area contributed by atoms with Gasteiger partial charge in [0, 0.05) is 64.3 Å². The normalized spacial score (nSPS) is 15.9. The standard InChI is InChI=1S/C24H33N.C16H17N.C10H20.C9H20.C8H18.2C7H16.C6H14/c1-22(2,3)16-10-12-20-18(14-16)19-15-17(23(4,5)6)11-13-21(19)25(20)24(7,8)9;1-16(2,3)17-14-10-6-4-8-12(14)13-9-5-7-11-15(13)17;1-10(2,3)9-7-5-4-6-8-9;1-8(2,3)7-9(4,5)6;1-7(2)6-8(3,4)5;1-6(2)7(3,4)5;1-5-6-7(2,3)4;1-5-6(2,3)4/h10-15H,1-9H3;4-11H,1-3H3;9H,4-8H2,1-3H3;7H2,1-6H3;7H,6H2,1-5H3;6H,1-5H3;5-6H2,1-4H3;5H2,1-4H3/i;;;;;6D;5D2,6D2;5D2. The summed E-state index contributed by atoms with van der Waals surface area (Å²) in [4.78, 5) is 0. The van der Waals surface area contributed by atoms with Crippen LogP contribution in [0.15, 0.2) is 84.9 Å². The predicted molar refractivity (Wildman–Crippen MR) is 413 cm³/mol. The summed E-state index contributed by atoms with van der Waals surface area (Å²) >= 11 is 0. The summed E-state index contributed by atoms with van der Waals surface area (Å²) in [6.45, 7) is 83.4. The maximum Gasteiger partial charge on any atom is 0.0496 e. The molecule has 2 heterocycles. The molecule has 0 aliphatic heterocycles. The van der Waals surface area contributed by atoms with E-state index in [4.69, 9.17) is 9.60 Å². The molecule has 0 spiro atoms. The summed E-state index contributed by atoms with van der Waals surface area (Å²) < 4.78 is 56.6. The van der Waals surface area contributed by atoms with Crippen molar-refractivity contribution < 1.29 is 9.60 Å². The number of benzene rings is 4. The van der Waals surface area contributed by atoms with Crippen molar-refractivity contribution in [1.82, 2.24) is 9.13 Å². The monoisotopic (exact) mass is 1230 g/mol. The molecule has 1 aliphatic carbocycles. The van der Waals surface area contributed by atoms with Crippen LogP contribution in [0.1, 0.15) is 355 Å². The van der Waals surface area contributed by atoms with E-state index in [1.54, 1.807) is 27.7 Å². The van der Waals surface area contributed by atoms with E-state index in [-0.39, 0.29) is 38.6 Å². The molecule has 1 saturated carbocycles. The zero-order valence-corrected chi connectivity index (χ0v) is 66.6. The molecule has 512 valence electrons. The Kier molecular flexibility index (Phi) is 27.9. The van der Waals surface area contributed by atoms with Crippen molar-refractivity contribution in [2.24, 2.45) is 55.6 Å². The average molecular weight is 1240 g/mol. The lowest BCUT2D eigenvalue weighted by Gasteiger charge is -2.33. The van der Waals surface area contributed by atoms with E-state index in [0.29, 0.717) is 21.7 Å². The molecule has 6 aromatic rings. The zero-order chi connectivity index (χ0) is 76.4. The van der Waals surface area contributed by atoms with E-state index >= 15 is 0 Å². The number of fused-ring (bicyclic) bond motifs is 6. The highest BCUT2D eigenvalue weighted by Gasteiger charge is 2.27. The first kappa shape index (κ1) is 72.9. The zero-order valence-electron chi connectivity index (χ0n) is 73.6. The second-order valence-electron chi connectivity index (χ2n) is 38.5. The molecule has 2 nitrogen and oxygen atoms in total. The van der Waals surface area contributed by atoms with Gasteiger partial charge in [0.1, 0.15) is 0 Å². The van der Waals surface area contributed by atoms with Crippen molar-refractivity contribution in [1.29, 1.82) is 0 Å². The van der Waals surface area contributed by atoms with Gasteiger partial charge in [-0.1, -0.05) is 309 Å². The van der Waals surface area contributed by atoms with Crippen LogP contribution in [0.5, 0.6) is 0 Å². The topological polar surface area (TPSA) is 9.86 Å². The van der Waals surface area contributed by atoms with Gasteiger partial charge >= 0.3 is 0 Å². The Balaban J connectivity index is 0.00000113. The number of hydrogen-bond acceptors (Lipinski definition) is 0. The minimum absolute atomic E-state index is 0.0481. The maximum atomic E-state index is 7.58. The molecule has 0 N–H and O–H groups in total. The van der Waals surface area contributed by atoms with E-state index in [9.17, 15) is 0 Å². The third-order valence-electron chi connectivity index (χ3n) is 16.1. The number of aromatic nitrogens is 2. The number of para-hydroxylation sites is 2. The molecule has 0 unspecified atom stereocenters. The molecular weight excluding hydrogens is 1070 g/mol. The van der Waals surface area contributed by atoms with Crippen LogP contribution in [0.4, 0.5) is 0 Å². The molecule has 1 aliphatic rings. The molecule has 0 bridgehead atoms. The molecule has 0 amide bonds. The molecular formula is C87H154N2.